The Morgan fingerprint density at radius 1 is 1.36 bits per heavy atom. The highest BCUT2D eigenvalue weighted by atomic mass is 15.0. The second kappa shape index (κ2) is 5.60. The number of pyridine rings is 1. The second-order valence-electron chi connectivity index (χ2n) is 3.23. The number of hydrogen-bond donors (Lipinski definition) is 2. The Labute approximate surface area is 85.7 Å². The number of nitrogens with one attached hydrogen (secondary N) is 1. The van der Waals surface area contributed by atoms with Crippen molar-refractivity contribution in [2.24, 2.45) is 5.73 Å². The van der Waals surface area contributed by atoms with Gasteiger partial charge in [-0.05, 0) is 31.5 Å². The summed E-state index contributed by atoms with van der Waals surface area (Å²) in [4.78, 5) is 4.53. The summed E-state index contributed by atoms with van der Waals surface area (Å²) in [5.41, 5.74) is 7.84. The molecule has 14 heavy (non-hydrogen) atoms. The van der Waals surface area contributed by atoms with Gasteiger partial charge >= 0.3 is 0 Å². The van der Waals surface area contributed by atoms with Gasteiger partial charge < -0.3 is 11.1 Å². The van der Waals surface area contributed by atoms with Gasteiger partial charge in [-0.1, -0.05) is 13.0 Å². The molecular formula is C11H19N3. The van der Waals surface area contributed by atoms with Gasteiger partial charge in [0, 0.05) is 18.7 Å². The maximum Gasteiger partial charge on any atom is 0.129 e. The summed E-state index contributed by atoms with van der Waals surface area (Å²) in [6.45, 7) is 5.79. The molecule has 0 fully saturated rings. The van der Waals surface area contributed by atoms with Crippen LogP contribution in [0.4, 0.5) is 5.82 Å². The molecule has 1 rings (SSSR count). The summed E-state index contributed by atoms with van der Waals surface area (Å²) < 4.78 is 0. The third kappa shape index (κ3) is 2.70. The lowest BCUT2D eigenvalue weighted by Crippen LogP contribution is -2.08. The Balaban J connectivity index is 2.88. The van der Waals surface area contributed by atoms with Crippen LogP contribution < -0.4 is 11.1 Å². The fourth-order valence-electron chi connectivity index (χ4n) is 1.42. The van der Waals surface area contributed by atoms with Gasteiger partial charge in [-0.3, -0.25) is 0 Å². The van der Waals surface area contributed by atoms with Gasteiger partial charge in [0.25, 0.3) is 0 Å². The Kier molecular flexibility index (Phi) is 4.40. The van der Waals surface area contributed by atoms with Crippen LogP contribution in [0, 0.1) is 0 Å². The first-order valence-corrected chi connectivity index (χ1v) is 5.24. The lowest BCUT2D eigenvalue weighted by atomic mass is 10.1. The zero-order valence-corrected chi connectivity index (χ0v) is 9.01. The fraction of sp³-hybridized carbons (Fsp3) is 0.545. The van der Waals surface area contributed by atoms with Gasteiger partial charge in [0.15, 0.2) is 0 Å². The lowest BCUT2D eigenvalue weighted by molar-refractivity contribution is 0.913. The van der Waals surface area contributed by atoms with Crippen molar-refractivity contribution in [3.8, 4) is 0 Å². The molecule has 3 nitrogen and oxygen atoms in total. The average molecular weight is 193 g/mol. The van der Waals surface area contributed by atoms with Crippen molar-refractivity contribution in [3.63, 3.8) is 0 Å². The molecule has 0 spiro atoms. The molecule has 3 N–H and O–H groups in total. The summed E-state index contributed by atoms with van der Waals surface area (Å²) in [5, 5.41) is 3.27. The summed E-state index contributed by atoms with van der Waals surface area (Å²) >= 11 is 0. The van der Waals surface area contributed by atoms with E-state index >= 15 is 0 Å². The molecule has 0 bridgehead atoms. The first-order chi connectivity index (χ1) is 6.81. The van der Waals surface area contributed by atoms with Crippen LogP contribution in [0.1, 0.15) is 25.1 Å². The van der Waals surface area contributed by atoms with E-state index in [1.54, 1.807) is 0 Å². The van der Waals surface area contributed by atoms with E-state index in [1.807, 2.05) is 0 Å². The first kappa shape index (κ1) is 11.0. The van der Waals surface area contributed by atoms with Crippen LogP contribution in [0.25, 0.3) is 0 Å². The van der Waals surface area contributed by atoms with E-state index in [2.05, 4.69) is 36.3 Å². The van der Waals surface area contributed by atoms with Gasteiger partial charge in [0.05, 0.1) is 0 Å². The number of aromatic nitrogens is 1. The van der Waals surface area contributed by atoms with Gasteiger partial charge in [-0.2, -0.15) is 0 Å². The summed E-state index contributed by atoms with van der Waals surface area (Å²) in [6.07, 6.45) is 1.86. The molecule has 1 aromatic heterocycles. The molecule has 0 aliphatic heterocycles. The maximum atomic E-state index is 5.49. The van der Waals surface area contributed by atoms with E-state index < -0.39 is 0 Å². The van der Waals surface area contributed by atoms with Crippen molar-refractivity contribution in [1.29, 1.82) is 0 Å². The number of nitrogens with two attached hydrogens (primary N) is 1. The molecule has 0 aliphatic carbocycles. The van der Waals surface area contributed by atoms with Crippen LogP contribution >= 0.6 is 0 Å². The number of hydrogen-bond acceptors (Lipinski definition) is 3. The van der Waals surface area contributed by atoms with Crippen molar-refractivity contribution in [1.82, 2.24) is 4.98 Å². The third-order valence-electron chi connectivity index (χ3n) is 2.16. The van der Waals surface area contributed by atoms with Crippen molar-refractivity contribution in [2.45, 2.75) is 26.7 Å². The highest BCUT2D eigenvalue weighted by molar-refractivity contribution is 5.45. The zero-order valence-electron chi connectivity index (χ0n) is 9.01. The third-order valence-corrected chi connectivity index (χ3v) is 2.16. The first-order valence-electron chi connectivity index (χ1n) is 5.24. The molecule has 0 unspecified atom stereocenters. The van der Waals surface area contributed by atoms with Crippen LogP contribution in [-0.2, 0) is 12.8 Å². The van der Waals surface area contributed by atoms with E-state index in [0.717, 1.165) is 30.9 Å². The predicted molar refractivity (Wildman–Crippen MR) is 60.5 cm³/mol. The Bertz CT molecular complexity index is 284. The molecule has 1 aromatic rings. The normalized spacial score (nSPS) is 10.2. The number of rotatable bonds is 5. The minimum atomic E-state index is 0.657. The highest BCUT2D eigenvalue weighted by Crippen LogP contribution is 2.14. The van der Waals surface area contributed by atoms with Gasteiger partial charge in [0.1, 0.15) is 5.82 Å². The van der Waals surface area contributed by atoms with E-state index in [-0.39, 0.29) is 0 Å². The molecule has 78 valence electrons. The number of aryl methyl sites for hydroxylation is 1. The fourth-order valence-corrected chi connectivity index (χ4v) is 1.42. The van der Waals surface area contributed by atoms with Crippen LogP contribution in [0.15, 0.2) is 12.1 Å². The predicted octanol–water partition coefficient (Wildman–Crippen LogP) is 1.58. The molecular weight excluding hydrogens is 174 g/mol. The molecule has 0 aliphatic rings. The SMILES string of the molecule is CCNc1nc(CCN)ccc1CC. The topological polar surface area (TPSA) is 50.9 Å². The van der Waals surface area contributed by atoms with E-state index in [0.29, 0.717) is 6.54 Å². The average Bonchev–Trinajstić information content (AvgIpc) is 2.19. The maximum absolute atomic E-state index is 5.49. The van der Waals surface area contributed by atoms with Crippen molar-refractivity contribution >= 4 is 5.82 Å². The van der Waals surface area contributed by atoms with Crippen molar-refractivity contribution in [2.75, 3.05) is 18.4 Å². The standard InChI is InChI=1S/C11H19N3/c1-3-9-5-6-10(7-8-12)14-11(9)13-4-2/h5-6H,3-4,7-8,12H2,1-2H3,(H,13,14). The van der Waals surface area contributed by atoms with E-state index in [4.69, 9.17) is 5.73 Å². The molecule has 1 heterocycles. The van der Waals surface area contributed by atoms with Gasteiger partial charge in [-0.15, -0.1) is 0 Å². The summed E-state index contributed by atoms with van der Waals surface area (Å²) in [7, 11) is 0. The summed E-state index contributed by atoms with van der Waals surface area (Å²) in [5.74, 6) is 1.01. The van der Waals surface area contributed by atoms with E-state index in [9.17, 15) is 0 Å². The van der Waals surface area contributed by atoms with Crippen LogP contribution in [0.5, 0.6) is 0 Å². The van der Waals surface area contributed by atoms with E-state index in [1.165, 1.54) is 5.56 Å². The zero-order chi connectivity index (χ0) is 10.4. The van der Waals surface area contributed by atoms with Gasteiger partial charge in [0.2, 0.25) is 0 Å². The van der Waals surface area contributed by atoms with Crippen molar-refractivity contribution < 1.29 is 0 Å². The molecule has 0 radical (unpaired) electrons. The van der Waals surface area contributed by atoms with Crippen LogP contribution in [0.3, 0.4) is 0 Å². The van der Waals surface area contributed by atoms with Crippen LogP contribution in [0.2, 0.25) is 0 Å². The largest absolute Gasteiger partial charge is 0.370 e. The second-order valence-corrected chi connectivity index (χ2v) is 3.23. The van der Waals surface area contributed by atoms with Crippen molar-refractivity contribution in [3.05, 3.63) is 23.4 Å². The Morgan fingerprint density at radius 3 is 2.71 bits per heavy atom. The quantitative estimate of drug-likeness (QED) is 0.746. The molecule has 0 amide bonds. The smallest absolute Gasteiger partial charge is 0.129 e. The molecule has 0 aromatic carbocycles. The Morgan fingerprint density at radius 2 is 2.14 bits per heavy atom. The van der Waals surface area contributed by atoms with Gasteiger partial charge in [-0.25, -0.2) is 4.98 Å². The number of nitrogens with zero attached hydrogens (tertiary/aromatic N) is 1. The Hall–Kier alpha value is -1.09. The van der Waals surface area contributed by atoms with Crippen LogP contribution in [-0.4, -0.2) is 18.1 Å². The molecule has 3 heteroatoms. The molecule has 0 saturated carbocycles. The molecule has 0 atom stereocenters. The minimum absolute atomic E-state index is 0.657. The lowest BCUT2D eigenvalue weighted by Gasteiger charge is -2.09. The monoisotopic (exact) mass is 193 g/mol. The summed E-state index contributed by atoms with van der Waals surface area (Å²) in [6, 6.07) is 4.20. The molecule has 0 saturated heterocycles. The highest BCUT2D eigenvalue weighted by Gasteiger charge is 2.02. The minimum Gasteiger partial charge on any atom is -0.370 e. The number of anilines is 1.